The van der Waals surface area contributed by atoms with E-state index in [-0.39, 0.29) is 40.0 Å². The normalized spacial score (nSPS) is 25.8. The van der Waals surface area contributed by atoms with Crippen LogP contribution in [0.1, 0.15) is 36.2 Å². The maximum absolute atomic E-state index is 13.4. The first-order chi connectivity index (χ1) is 12.4. The highest BCUT2D eigenvalue weighted by Crippen LogP contribution is 2.69. The number of Topliss-reactive ketones (excluding diaryl/α,β-unsaturated/α-hetero) is 1. The van der Waals surface area contributed by atoms with E-state index in [1.807, 2.05) is 0 Å². The Hall–Kier alpha value is -2.34. The first kappa shape index (κ1) is 17.1. The lowest BCUT2D eigenvalue weighted by molar-refractivity contribution is -0.162. The molecule has 5 rings (SSSR count). The molecule has 1 N–H and O–H groups in total. The molecule has 0 saturated heterocycles. The van der Waals surface area contributed by atoms with E-state index in [1.165, 1.54) is 18.4 Å². The molecule has 2 bridgehead atoms. The van der Waals surface area contributed by atoms with Crippen molar-refractivity contribution >= 4 is 23.3 Å². The summed E-state index contributed by atoms with van der Waals surface area (Å²) < 4.78 is 23.8. The topological polar surface area (TPSA) is 68.5 Å². The maximum Gasteiger partial charge on any atom is 0.287 e. The Balaban J connectivity index is 1.23. The summed E-state index contributed by atoms with van der Waals surface area (Å²) in [4.78, 5) is 24.2. The van der Waals surface area contributed by atoms with E-state index in [1.54, 1.807) is 12.1 Å². The van der Waals surface area contributed by atoms with Crippen LogP contribution >= 0.6 is 11.6 Å². The SMILES string of the molecule is O=C(COc1ccc(Cl)c(F)c1)CC12CC(NC(=O)c3ccco3)(C1)C2. The largest absolute Gasteiger partial charge is 0.486 e. The smallest absolute Gasteiger partial charge is 0.287 e. The Kier molecular flexibility index (Phi) is 4.03. The monoisotopic (exact) mass is 377 g/mol. The fourth-order valence-corrected chi connectivity index (χ4v) is 4.35. The first-order valence-electron chi connectivity index (χ1n) is 8.34. The Bertz CT molecular complexity index is 845. The van der Waals surface area contributed by atoms with E-state index in [9.17, 15) is 14.0 Å². The van der Waals surface area contributed by atoms with Crippen LogP contribution in [0.4, 0.5) is 4.39 Å². The van der Waals surface area contributed by atoms with Gasteiger partial charge in [-0.25, -0.2) is 4.39 Å². The summed E-state index contributed by atoms with van der Waals surface area (Å²) in [5.41, 5.74) is -0.244. The number of hydrogen-bond donors (Lipinski definition) is 1. The number of furan rings is 1. The van der Waals surface area contributed by atoms with Crippen LogP contribution in [0.5, 0.6) is 5.75 Å². The lowest BCUT2D eigenvalue weighted by Gasteiger charge is -2.70. The number of benzene rings is 1. The number of ketones is 1. The number of hydrogen-bond acceptors (Lipinski definition) is 4. The van der Waals surface area contributed by atoms with Gasteiger partial charge in [0.25, 0.3) is 5.91 Å². The molecule has 1 aromatic heterocycles. The lowest BCUT2D eigenvalue weighted by Crippen LogP contribution is -2.75. The quantitative estimate of drug-likeness (QED) is 0.797. The second-order valence-corrected chi connectivity index (χ2v) is 7.73. The molecule has 3 aliphatic rings. The molecule has 1 heterocycles. The van der Waals surface area contributed by atoms with Crippen molar-refractivity contribution in [2.45, 2.75) is 31.2 Å². The van der Waals surface area contributed by atoms with Crippen molar-refractivity contribution in [3.05, 3.63) is 53.2 Å². The molecule has 2 aromatic rings. The molecule has 0 unspecified atom stereocenters. The van der Waals surface area contributed by atoms with Crippen LogP contribution in [0.25, 0.3) is 0 Å². The fourth-order valence-electron chi connectivity index (χ4n) is 4.23. The zero-order chi connectivity index (χ0) is 18.4. The minimum absolute atomic E-state index is 0.0134. The molecule has 3 aliphatic carbocycles. The number of carbonyl (C=O) groups is 2. The molecule has 1 aromatic carbocycles. The summed E-state index contributed by atoms with van der Waals surface area (Å²) in [6.07, 6.45) is 4.22. The van der Waals surface area contributed by atoms with E-state index in [0.29, 0.717) is 12.2 Å². The van der Waals surface area contributed by atoms with Gasteiger partial charge in [-0.3, -0.25) is 9.59 Å². The van der Waals surface area contributed by atoms with Crippen LogP contribution in [0.3, 0.4) is 0 Å². The molecular weight excluding hydrogens is 361 g/mol. The van der Waals surface area contributed by atoms with Gasteiger partial charge >= 0.3 is 0 Å². The van der Waals surface area contributed by atoms with Gasteiger partial charge in [0, 0.05) is 18.0 Å². The molecule has 0 radical (unpaired) electrons. The third kappa shape index (κ3) is 3.09. The van der Waals surface area contributed by atoms with Gasteiger partial charge in [0.1, 0.15) is 18.2 Å². The molecule has 7 heteroatoms. The van der Waals surface area contributed by atoms with Crippen molar-refractivity contribution in [2.24, 2.45) is 5.41 Å². The van der Waals surface area contributed by atoms with Gasteiger partial charge < -0.3 is 14.5 Å². The number of rotatable bonds is 7. The first-order valence-corrected chi connectivity index (χ1v) is 8.72. The third-order valence-electron chi connectivity index (χ3n) is 5.13. The van der Waals surface area contributed by atoms with E-state index >= 15 is 0 Å². The van der Waals surface area contributed by atoms with Gasteiger partial charge in [-0.1, -0.05) is 11.6 Å². The van der Waals surface area contributed by atoms with E-state index in [2.05, 4.69) is 5.32 Å². The Morgan fingerprint density at radius 1 is 1.27 bits per heavy atom. The molecule has 136 valence electrons. The van der Waals surface area contributed by atoms with Crippen LogP contribution in [0.15, 0.2) is 41.0 Å². The van der Waals surface area contributed by atoms with Crippen LogP contribution in [0, 0.1) is 11.2 Å². The molecule has 0 aliphatic heterocycles. The summed E-state index contributed by atoms with van der Waals surface area (Å²) >= 11 is 5.61. The molecule has 3 saturated carbocycles. The standard InChI is InChI=1S/C19H17ClFNO4/c20-14-4-3-13(6-15(14)21)26-8-12(23)7-18-9-19(10-18,11-18)22-17(24)16-2-1-5-25-16/h1-6H,7-11H2,(H,22,24). The van der Waals surface area contributed by atoms with Crippen LogP contribution in [-0.4, -0.2) is 23.8 Å². The van der Waals surface area contributed by atoms with Gasteiger partial charge in [0.15, 0.2) is 11.5 Å². The lowest BCUT2D eigenvalue weighted by atomic mass is 9.38. The van der Waals surface area contributed by atoms with Crippen LogP contribution < -0.4 is 10.1 Å². The average molecular weight is 378 g/mol. The third-order valence-corrected chi connectivity index (χ3v) is 5.43. The number of nitrogens with one attached hydrogen (secondary N) is 1. The highest BCUT2D eigenvalue weighted by atomic mass is 35.5. The zero-order valence-electron chi connectivity index (χ0n) is 13.9. The fraction of sp³-hybridized carbons (Fsp3) is 0.368. The summed E-state index contributed by atoms with van der Waals surface area (Å²) in [5, 5.41) is 3.01. The van der Waals surface area contributed by atoms with Gasteiger partial charge in [-0.05, 0) is 48.9 Å². The Labute approximate surface area is 154 Å². The minimum atomic E-state index is -0.578. The Morgan fingerprint density at radius 3 is 2.69 bits per heavy atom. The number of carbonyl (C=O) groups excluding carboxylic acids is 2. The zero-order valence-corrected chi connectivity index (χ0v) is 14.6. The van der Waals surface area contributed by atoms with Gasteiger partial charge in [-0.2, -0.15) is 0 Å². The van der Waals surface area contributed by atoms with Crippen molar-refractivity contribution < 1.29 is 23.1 Å². The van der Waals surface area contributed by atoms with Crippen LogP contribution in [0.2, 0.25) is 5.02 Å². The summed E-state index contributed by atoms with van der Waals surface area (Å²) in [6.45, 7) is -0.103. The molecule has 0 spiro atoms. The van der Waals surface area contributed by atoms with E-state index in [0.717, 1.165) is 25.3 Å². The van der Waals surface area contributed by atoms with E-state index in [4.69, 9.17) is 20.8 Å². The molecule has 5 nitrogen and oxygen atoms in total. The highest BCUT2D eigenvalue weighted by Gasteiger charge is 2.68. The van der Waals surface area contributed by atoms with Gasteiger partial charge in [-0.15, -0.1) is 0 Å². The number of ether oxygens (including phenoxy) is 1. The summed E-state index contributed by atoms with van der Waals surface area (Å²) in [5.74, 6) is -0.262. The molecule has 0 atom stereocenters. The average Bonchev–Trinajstić information content (AvgIpc) is 3.07. The van der Waals surface area contributed by atoms with Crippen LogP contribution in [-0.2, 0) is 4.79 Å². The van der Waals surface area contributed by atoms with Crippen molar-refractivity contribution in [2.75, 3.05) is 6.61 Å². The summed E-state index contributed by atoms with van der Waals surface area (Å²) in [7, 11) is 0. The minimum Gasteiger partial charge on any atom is -0.486 e. The second-order valence-electron chi connectivity index (χ2n) is 7.32. The number of halogens is 2. The van der Waals surface area contributed by atoms with Crippen molar-refractivity contribution in [1.29, 1.82) is 0 Å². The molecule has 3 fully saturated rings. The highest BCUT2D eigenvalue weighted by molar-refractivity contribution is 6.30. The second kappa shape index (κ2) is 6.13. The Morgan fingerprint density at radius 2 is 2.04 bits per heavy atom. The predicted octanol–water partition coefficient (Wildman–Crippen LogP) is 3.76. The van der Waals surface area contributed by atoms with E-state index < -0.39 is 5.82 Å². The summed E-state index contributed by atoms with van der Waals surface area (Å²) in [6, 6.07) is 7.37. The maximum atomic E-state index is 13.4. The van der Waals surface area contributed by atoms with Crippen molar-refractivity contribution in [3.63, 3.8) is 0 Å². The predicted molar refractivity (Wildman–Crippen MR) is 91.7 cm³/mol. The molecule has 26 heavy (non-hydrogen) atoms. The number of amides is 1. The van der Waals surface area contributed by atoms with Crippen molar-refractivity contribution in [1.82, 2.24) is 5.32 Å². The van der Waals surface area contributed by atoms with Gasteiger partial charge in [0.05, 0.1) is 11.3 Å². The van der Waals surface area contributed by atoms with Crippen molar-refractivity contribution in [3.8, 4) is 5.75 Å². The van der Waals surface area contributed by atoms with Gasteiger partial charge in [0.2, 0.25) is 0 Å². The molecule has 1 amide bonds. The molecular formula is C19H17ClFNO4.